The SMILES string of the molecule is CN=C(NCC(=O)NC(C)(C)C)NCC(C)(C)N1CCCC(C)C1.I. The van der Waals surface area contributed by atoms with E-state index in [1.165, 1.54) is 12.8 Å². The Balaban J connectivity index is 0.00000576. The van der Waals surface area contributed by atoms with Gasteiger partial charge in [-0.05, 0) is 59.9 Å². The summed E-state index contributed by atoms with van der Waals surface area (Å²) in [6.07, 6.45) is 2.59. The Kier molecular flexibility index (Phi) is 10.3. The van der Waals surface area contributed by atoms with Crippen molar-refractivity contribution < 1.29 is 4.79 Å². The molecule has 25 heavy (non-hydrogen) atoms. The van der Waals surface area contributed by atoms with E-state index in [4.69, 9.17) is 0 Å². The van der Waals surface area contributed by atoms with Crippen molar-refractivity contribution in [2.75, 3.05) is 33.2 Å². The van der Waals surface area contributed by atoms with Crippen LogP contribution in [0.5, 0.6) is 0 Å². The predicted molar refractivity (Wildman–Crippen MR) is 117 cm³/mol. The van der Waals surface area contributed by atoms with Crippen LogP contribution in [-0.2, 0) is 4.79 Å². The summed E-state index contributed by atoms with van der Waals surface area (Å²) in [5, 5.41) is 9.38. The Morgan fingerprint density at radius 1 is 1.20 bits per heavy atom. The van der Waals surface area contributed by atoms with Gasteiger partial charge in [0.1, 0.15) is 0 Å². The average Bonchev–Trinajstić information content (AvgIpc) is 2.45. The van der Waals surface area contributed by atoms with Gasteiger partial charge in [-0.1, -0.05) is 6.92 Å². The lowest BCUT2D eigenvalue weighted by atomic mass is 9.93. The smallest absolute Gasteiger partial charge is 0.239 e. The lowest BCUT2D eigenvalue weighted by molar-refractivity contribution is -0.121. The molecule has 0 radical (unpaired) electrons. The molecule has 0 saturated carbocycles. The highest BCUT2D eigenvalue weighted by Gasteiger charge is 2.30. The predicted octanol–water partition coefficient (Wildman–Crippen LogP) is 2.19. The summed E-state index contributed by atoms with van der Waals surface area (Å²) in [5.74, 6) is 1.39. The number of piperidine rings is 1. The molecule has 0 aromatic carbocycles. The number of carbonyl (C=O) groups excluding carboxylic acids is 1. The second kappa shape index (κ2) is 10.5. The van der Waals surface area contributed by atoms with Crippen molar-refractivity contribution in [2.45, 2.75) is 65.5 Å². The number of likely N-dealkylation sites (tertiary alicyclic amines) is 1. The summed E-state index contributed by atoms with van der Waals surface area (Å²) < 4.78 is 0. The number of hydrogen-bond donors (Lipinski definition) is 3. The van der Waals surface area contributed by atoms with Gasteiger partial charge in [0.15, 0.2) is 5.96 Å². The van der Waals surface area contributed by atoms with E-state index in [2.05, 4.69) is 46.6 Å². The van der Waals surface area contributed by atoms with Crippen LogP contribution in [0.4, 0.5) is 0 Å². The van der Waals surface area contributed by atoms with Gasteiger partial charge in [-0.2, -0.15) is 0 Å². The third kappa shape index (κ3) is 9.63. The maximum Gasteiger partial charge on any atom is 0.239 e. The second-order valence-corrected chi connectivity index (χ2v) is 8.58. The molecule has 1 aliphatic heterocycles. The molecule has 3 N–H and O–H groups in total. The fraction of sp³-hybridized carbons (Fsp3) is 0.889. The van der Waals surface area contributed by atoms with E-state index in [0.29, 0.717) is 5.96 Å². The van der Waals surface area contributed by atoms with E-state index in [0.717, 1.165) is 25.6 Å². The first-order valence-corrected chi connectivity index (χ1v) is 9.04. The van der Waals surface area contributed by atoms with Gasteiger partial charge in [0, 0.05) is 31.2 Å². The van der Waals surface area contributed by atoms with Gasteiger partial charge < -0.3 is 16.0 Å². The van der Waals surface area contributed by atoms with Gasteiger partial charge in [-0.25, -0.2) is 0 Å². The summed E-state index contributed by atoms with van der Waals surface area (Å²) in [4.78, 5) is 18.7. The lowest BCUT2D eigenvalue weighted by Crippen LogP contribution is -2.56. The summed E-state index contributed by atoms with van der Waals surface area (Å²) in [7, 11) is 1.73. The molecular formula is C18H38IN5O. The van der Waals surface area contributed by atoms with Gasteiger partial charge >= 0.3 is 0 Å². The van der Waals surface area contributed by atoms with E-state index in [-0.39, 0.29) is 47.5 Å². The highest BCUT2D eigenvalue weighted by Crippen LogP contribution is 2.23. The van der Waals surface area contributed by atoms with Crippen LogP contribution in [0.1, 0.15) is 54.4 Å². The van der Waals surface area contributed by atoms with Gasteiger partial charge in [0.2, 0.25) is 5.91 Å². The molecule has 1 aliphatic rings. The van der Waals surface area contributed by atoms with Crippen molar-refractivity contribution >= 4 is 35.8 Å². The molecule has 7 heteroatoms. The van der Waals surface area contributed by atoms with Crippen LogP contribution in [0.2, 0.25) is 0 Å². The number of rotatable bonds is 5. The number of guanidine groups is 1. The normalized spacial score (nSPS) is 19.8. The maximum absolute atomic E-state index is 11.9. The Labute approximate surface area is 171 Å². The highest BCUT2D eigenvalue weighted by atomic mass is 127. The monoisotopic (exact) mass is 467 g/mol. The highest BCUT2D eigenvalue weighted by molar-refractivity contribution is 14.0. The zero-order valence-electron chi connectivity index (χ0n) is 17.0. The molecule has 0 aromatic heterocycles. The molecule has 6 nitrogen and oxygen atoms in total. The molecule has 1 atom stereocenters. The Morgan fingerprint density at radius 2 is 1.84 bits per heavy atom. The number of carbonyl (C=O) groups is 1. The quantitative estimate of drug-likeness (QED) is 0.330. The molecule has 1 saturated heterocycles. The van der Waals surface area contributed by atoms with Crippen LogP contribution < -0.4 is 16.0 Å². The van der Waals surface area contributed by atoms with Crippen LogP contribution in [0.15, 0.2) is 4.99 Å². The van der Waals surface area contributed by atoms with Crippen molar-refractivity contribution in [1.29, 1.82) is 0 Å². The zero-order valence-corrected chi connectivity index (χ0v) is 19.4. The number of halogens is 1. The zero-order chi connectivity index (χ0) is 18.4. The standard InChI is InChI=1S/C18H37N5O.HI/c1-14-9-8-10-23(12-14)18(5,6)13-21-16(19-7)20-11-15(24)22-17(2,3)4;/h14H,8-13H2,1-7H3,(H,22,24)(H2,19,20,21);1H. The summed E-state index contributed by atoms with van der Waals surface area (Å²) in [5.41, 5.74) is -0.164. The number of nitrogens with zero attached hydrogens (tertiary/aromatic N) is 2. The number of nitrogens with one attached hydrogen (secondary N) is 3. The first-order valence-electron chi connectivity index (χ1n) is 9.04. The first kappa shape index (κ1) is 24.4. The van der Waals surface area contributed by atoms with Crippen LogP contribution in [0.25, 0.3) is 0 Å². The van der Waals surface area contributed by atoms with E-state index in [1.807, 2.05) is 20.8 Å². The Morgan fingerprint density at radius 3 is 2.36 bits per heavy atom. The largest absolute Gasteiger partial charge is 0.355 e. The molecule has 0 bridgehead atoms. The fourth-order valence-electron chi connectivity index (χ4n) is 3.00. The molecule has 0 aliphatic carbocycles. The van der Waals surface area contributed by atoms with Crippen LogP contribution in [0, 0.1) is 5.92 Å². The fourth-order valence-corrected chi connectivity index (χ4v) is 3.00. The van der Waals surface area contributed by atoms with Crippen LogP contribution in [0.3, 0.4) is 0 Å². The van der Waals surface area contributed by atoms with Crippen molar-refractivity contribution in [3.63, 3.8) is 0 Å². The van der Waals surface area contributed by atoms with E-state index < -0.39 is 0 Å². The molecule has 148 valence electrons. The van der Waals surface area contributed by atoms with Crippen molar-refractivity contribution in [3.8, 4) is 0 Å². The van der Waals surface area contributed by atoms with Crippen LogP contribution in [-0.4, -0.2) is 61.1 Å². The average molecular weight is 467 g/mol. The van der Waals surface area contributed by atoms with E-state index in [9.17, 15) is 4.79 Å². The molecular weight excluding hydrogens is 429 g/mol. The number of amides is 1. The molecule has 1 amide bonds. The molecule has 1 unspecified atom stereocenters. The minimum Gasteiger partial charge on any atom is -0.355 e. The number of aliphatic imine (C=N–C) groups is 1. The minimum absolute atomic E-state index is 0. The van der Waals surface area contributed by atoms with Crippen LogP contribution >= 0.6 is 24.0 Å². The van der Waals surface area contributed by atoms with Crippen molar-refractivity contribution in [2.24, 2.45) is 10.9 Å². The molecule has 0 aromatic rings. The Hall–Kier alpha value is -0.570. The van der Waals surface area contributed by atoms with E-state index in [1.54, 1.807) is 7.05 Å². The molecule has 1 rings (SSSR count). The van der Waals surface area contributed by atoms with Gasteiger partial charge in [0.05, 0.1) is 6.54 Å². The summed E-state index contributed by atoms with van der Waals surface area (Å²) in [6.45, 7) is 16.1. The summed E-state index contributed by atoms with van der Waals surface area (Å²) >= 11 is 0. The lowest BCUT2D eigenvalue weighted by Gasteiger charge is -2.43. The van der Waals surface area contributed by atoms with Gasteiger partial charge in [-0.15, -0.1) is 24.0 Å². The molecule has 1 heterocycles. The minimum atomic E-state index is -0.220. The number of hydrogen-bond acceptors (Lipinski definition) is 3. The van der Waals surface area contributed by atoms with Crippen molar-refractivity contribution in [3.05, 3.63) is 0 Å². The Bertz CT molecular complexity index is 445. The first-order chi connectivity index (χ1) is 11.0. The second-order valence-electron chi connectivity index (χ2n) is 8.58. The third-order valence-corrected chi connectivity index (χ3v) is 4.36. The van der Waals surface area contributed by atoms with Gasteiger partial charge in [-0.3, -0.25) is 14.7 Å². The maximum atomic E-state index is 11.9. The van der Waals surface area contributed by atoms with Gasteiger partial charge in [0.25, 0.3) is 0 Å². The third-order valence-electron chi connectivity index (χ3n) is 4.36. The van der Waals surface area contributed by atoms with Crippen molar-refractivity contribution in [1.82, 2.24) is 20.9 Å². The summed E-state index contributed by atoms with van der Waals surface area (Å²) in [6, 6.07) is 0. The molecule has 0 spiro atoms. The van der Waals surface area contributed by atoms with E-state index >= 15 is 0 Å². The molecule has 1 fully saturated rings. The topological polar surface area (TPSA) is 68.8 Å².